The lowest BCUT2D eigenvalue weighted by atomic mass is 10.0. The molecule has 0 bridgehead atoms. The maximum Gasteiger partial charge on any atom is 0.319 e. The molecule has 1 rings (SSSR count). The molecular weight excluding hydrogens is 388 g/mol. The predicted molar refractivity (Wildman–Crippen MR) is 122 cm³/mol. The number of carbonyl (C=O) groups is 2. The van der Waals surface area contributed by atoms with Crippen LogP contribution in [-0.4, -0.2) is 49.1 Å². The summed E-state index contributed by atoms with van der Waals surface area (Å²) in [5, 5.41) is 8.91. The van der Waals surface area contributed by atoms with Crippen molar-refractivity contribution in [2.75, 3.05) is 31.5 Å². The average molecular weight is 425 g/mol. The van der Waals surface area contributed by atoms with Crippen LogP contribution in [0.2, 0.25) is 5.02 Å². The monoisotopic (exact) mass is 424 g/mol. The SMILES string of the molecule is CCN(CC)C(CNC(=O)Nc1ccc(C(=O)NCC(C)C)c(Cl)c1)CC(C)C. The van der Waals surface area contributed by atoms with Gasteiger partial charge in [0, 0.05) is 24.8 Å². The molecule has 0 saturated heterocycles. The highest BCUT2D eigenvalue weighted by Gasteiger charge is 2.18. The van der Waals surface area contributed by atoms with Gasteiger partial charge in [-0.15, -0.1) is 0 Å². The molecule has 1 atom stereocenters. The Morgan fingerprint density at radius 2 is 1.66 bits per heavy atom. The third-order valence-corrected chi connectivity index (χ3v) is 5.03. The fourth-order valence-corrected chi connectivity index (χ4v) is 3.47. The first-order valence-corrected chi connectivity index (χ1v) is 10.9. The number of rotatable bonds is 11. The lowest BCUT2D eigenvalue weighted by Gasteiger charge is -2.31. The van der Waals surface area contributed by atoms with Gasteiger partial charge in [0.05, 0.1) is 10.6 Å². The van der Waals surface area contributed by atoms with E-state index in [0.29, 0.717) is 47.2 Å². The van der Waals surface area contributed by atoms with Crippen molar-refractivity contribution in [3.8, 4) is 0 Å². The predicted octanol–water partition coefficient (Wildman–Crippen LogP) is 4.60. The fourth-order valence-electron chi connectivity index (χ4n) is 3.20. The number of hydrogen-bond acceptors (Lipinski definition) is 3. The second kappa shape index (κ2) is 12.7. The number of urea groups is 1. The molecule has 0 heterocycles. The molecule has 0 aromatic heterocycles. The molecule has 0 radical (unpaired) electrons. The molecule has 3 N–H and O–H groups in total. The molecule has 1 aromatic rings. The van der Waals surface area contributed by atoms with Gasteiger partial charge in [0.15, 0.2) is 0 Å². The lowest BCUT2D eigenvalue weighted by Crippen LogP contribution is -2.45. The third-order valence-electron chi connectivity index (χ3n) is 4.71. The number of hydrogen-bond donors (Lipinski definition) is 3. The van der Waals surface area contributed by atoms with E-state index in [1.165, 1.54) is 0 Å². The van der Waals surface area contributed by atoms with Gasteiger partial charge in [0.25, 0.3) is 5.91 Å². The van der Waals surface area contributed by atoms with Gasteiger partial charge in [0.2, 0.25) is 0 Å². The van der Waals surface area contributed by atoms with E-state index in [-0.39, 0.29) is 11.9 Å². The van der Waals surface area contributed by atoms with Crippen molar-refractivity contribution in [2.45, 2.75) is 54.0 Å². The maximum atomic E-state index is 12.3. The standard InChI is InChI=1S/C22H37ClN4O2/c1-7-27(8-2)18(11-15(3)4)14-25-22(29)26-17-9-10-19(20(23)12-17)21(28)24-13-16(5)6/h9-10,12,15-16,18H,7-8,11,13-14H2,1-6H3,(H,24,28)(H2,25,26,29). The zero-order chi connectivity index (χ0) is 22.0. The van der Waals surface area contributed by atoms with E-state index in [9.17, 15) is 9.59 Å². The smallest absolute Gasteiger partial charge is 0.319 e. The zero-order valence-electron chi connectivity index (χ0n) is 18.6. The van der Waals surface area contributed by atoms with Crippen molar-refractivity contribution in [3.63, 3.8) is 0 Å². The van der Waals surface area contributed by atoms with Crippen LogP contribution in [-0.2, 0) is 0 Å². The van der Waals surface area contributed by atoms with Gasteiger partial charge in [0.1, 0.15) is 0 Å². The summed E-state index contributed by atoms with van der Waals surface area (Å²) >= 11 is 6.25. The zero-order valence-corrected chi connectivity index (χ0v) is 19.4. The van der Waals surface area contributed by atoms with Gasteiger partial charge in [-0.05, 0) is 49.5 Å². The number of amides is 3. The van der Waals surface area contributed by atoms with Crippen LogP contribution in [0.15, 0.2) is 18.2 Å². The highest BCUT2D eigenvalue weighted by molar-refractivity contribution is 6.34. The Labute approximate surface area is 180 Å². The van der Waals surface area contributed by atoms with Crippen LogP contribution in [0.1, 0.15) is 58.3 Å². The largest absolute Gasteiger partial charge is 0.352 e. The summed E-state index contributed by atoms with van der Waals surface area (Å²) in [5.41, 5.74) is 0.952. The number of nitrogens with one attached hydrogen (secondary N) is 3. The first-order chi connectivity index (χ1) is 13.7. The number of halogens is 1. The van der Waals surface area contributed by atoms with Crippen LogP contribution in [0.5, 0.6) is 0 Å². The summed E-state index contributed by atoms with van der Waals surface area (Å²) in [5.74, 6) is 0.701. The number of likely N-dealkylation sites (N-methyl/N-ethyl adjacent to an activating group) is 1. The summed E-state index contributed by atoms with van der Waals surface area (Å²) in [6.07, 6.45) is 1.02. The minimum Gasteiger partial charge on any atom is -0.352 e. The molecule has 0 spiro atoms. The number of benzene rings is 1. The molecular formula is C22H37ClN4O2. The summed E-state index contributed by atoms with van der Waals surface area (Å²) in [6, 6.07) is 4.93. The number of nitrogens with zero attached hydrogens (tertiary/aromatic N) is 1. The van der Waals surface area contributed by atoms with Gasteiger partial charge in [-0.25, -0.2) is 4.79 Å². The fraction of sp³-hybridized carbons (Fsp3) is 0.636. The van der Waals surface area contributed by atoms with Crippen molar-refractivity contribution < 1.29 is 9.59 Å². The number of carbonyl (C=O) groups excluding carboxylic acids is 2. The minimum atomic E-state index is -0.279. The molecule has 0 saturated carbocycles. The van der Waals surface area contributed by atoms with Crippen molar-refractivity contribution in [1.29, 1.82) is 0 Å². The Kier molecular flexibility index (Phi) is 11.1. The molecule has 0 fully saturated rings. The van der Waals surface area contributed by atoms with Crippen LogP contribution in [0.3, 0.4) is 0 Å². The summed E-state index contributed by atoms with van der Waals surface area (Å²) < 4.78 is 0. The number of anilines is 1. The van der Waals surface area contributed by atoms with E-state index in [2.05, 4.69) is 48.5 Å². The Morgan fingerprint density at radius 3 is 2.17 bits per heavy atom. The van der Waals surface area contributed by atoms with Crippen LogP contribution in [0.4, 0.5) is 10.5 Å². The molecule has 0 aliphatic rings. The van der Waals surface area contributed by atoms with Crippen molar-refractivity contribution in [1.82, 2.24) is 15.5 Å². The second-order valence-electron chi connectivity index (χ2n) is 8.14. The summed E-state index contributed by atoms with van der Waals surface area (Å²) in [6.45, 7) is 15.8. The Balaban J connectivity index is 2.67. The third kappa shape index (κ3) is 9.05. The highest BCUT2D eigenvalue weighted by atomic mass is 35.5. The molecule has 164 valence electrons. The molecule has 0 aliphatic heterocycles. The van der Waals surface area contributed by atoms with E-state index in [4.69, 9.17) is 11.6 Å². The first-order valence-electron chi connectivity index (χ1n) is 10.5. The molecule has 29 heavy (non-hydrogen) atoms. The van der Waals surface area contributed by atoms with Crippen LogP contribution >= 0.6 is 11.6 Å². The van der Waals surface area contributed by atoms with Gasteiger partial charge in [-0.3, -0.25) is 9.69 Å². The first kappa shape index (κ1) is 25.2. The van der Waals surface area contributed by atoms with Gasteiger partial charge in [-0.1, -0.05) is 53.1 Å². The Hall–Kier alpha value is -1.79. The minimum absolute atomic E-state index is 0.213. The van der Waals surface area contributed by atoms with Gasteiger partial charge < -0.3 is 16.0 Å². The van der Waals surface area contributed by atoms with Crippen LogP contribution in [0.25, 0.3) is 0 Å². The van der Waals surface area contributed by atoms with E-state index in [1.54, 1.807) is 18.2 Å². The van der Waals surface area contributed by atoms with Crippen molar-refractivity contribution in [2.24, 2.45) is 11.8 Å². The molecule has 1 aromatic carbocycles. The normalized spacial score (nSPS) is 12.3. The molecule has 6 nitrogen and oxygen atoms in total. The second-order valence-corrected chi connectivity index (χ2v) is 8.55. The quantitative estimate of drug-likeness (QED) is 0.485. The van der Waals surface area contributed by atoms with Gasteiger partial charge in [-0.2, -0.15) is 0 Å². The maximum absolute atomic E-state index is 12.3. The van der Waals surface area contributed by atoms with Gasteiger partial charge >= 0.3 is 6.03 Å². The molecule has 1 unspecified atom stereocenters. The highest BCUT2D eigenvalue weighted by Crippen LogP contribution is 2.21. The summed E-state index contributed by atoms with van der Waals surface area (Å²) in [4.78, 5) is 26.9. The molecule has 7 heteroatoms. The Bertz CT molecular complexity index is 660. The lowest BCUT2D eigenvalue weighted by molar-refractivity contribution is 0.0949. The molecule has 0 aliphatic carbocycles. The summed E-state index contributed by atoms with van der Waals surface area (Å²) in [7, 11) is 0. The van der Waals surface area contributed by atoms with Crippen LogP contribution < -0.4 is 16.0 Å². The van der Waals surface area contributed by atoms with Crippen LogP contribution in [0, 0.1) is 11.8 Å². The van der Waals surface area contributed by atoms with Crippen molar-refractivity contribution >= 4 is 29.2 Å². The van der Waals surface area contributed by atoms with E-state index in [0.717, 1.165) is 19.5 Å². The van der Waals surface area contributed by atoms with E-state index < -0.39 is 0 Å². The molecule has 3 amide bonds. The van der Waals surface area contributed by atoms with Crippen molar-refractivity contribution in [3.05, 3.63) is 28.8 Å². The van der Waals surface area contributed by atoms with E-state index in [1.807, 2.05) is 13.8 Å². The topological polar surface area (TPSA) is 73.5 Å². The van der Waals surface area contributed by atoms with E-state index >= 15 is 0 Å². The Morgan fingerprint density at radius 1 is 1.00 bits per heavy atom. The average Bonchev–Trinajstić information content (AvgIpc) is 2.64.